The fraction of sp³-hybridized carbons (Fsp3) is 0.385. The first-order valence-corrected chi connectivity index (χ1v) is 5.93. The summed E-state index contributed by atoms with van der Waals surface area (Å²) < 4.78 is 0. The highest BCUT2D eigenvalue weighted by Gasteiger charge is 2.17. The van der Waals surface area contributed by atoms with Crippen molar-refractivity contribution in [1.29, 1.82) is 0 Å². The van der Waals surface area contributed by atoms with Gasteiger partial charge in [0.1, 0.15) is 0 Å². The van der Waals surface area contributed by atoms with Crippen LogP contribution in [0.2, 0.25) is 0 Å². The van der Waals surface area contributed by atoms with Gasteiger partial charge in [0.05, 0.1) is 17.5 Å². The molecule has 0 spiro atoms. The number of likely N-dealkylation sites (N-methyl/N-ethyl adjacent to an activating group) is 1. The van der Waals surface area contributed by atoms with Gasteiger partial charge in [-0.1, -0.05) is 42.0 Å². The molecule has 0 saturated carbocycles. The number of nitrogens with zero attached hydrogens (tertiary/aromatic N) is 1. The molecule has 92 valence electrons. The molecule has 0 fully saturated rings. The van der Waals surface area contributed by atoms with E-state index >= 15 is 0 Å². The third kappa shape index (κ3) is 3.82. The molecule has 0 radical (unpaired) electrons. The molecule has 0 aliphatic heterocycles. The standard InChI is InChI=1S/C13H18N2OS/c1-9-5-4-6-11(7-9)8-12(16)15(3)10(2)13(14)17/h4-7,10H,8H2,1-3H3,(H2,14,17). The Morgan fingerprint density at radius 3 is 2.71 bits per heavy atom. The van der Waals surface area contributed by atoms with Gasteiger partial charge in [-0.3, -0.25) is 4.79 Å². The van der Waals surface area contributed by atoms with E-state index in [9.17, 15) is 4.79 Å². The van der Waals surface area contributed by atoms with Gasteiger partial charge in [-0.2, -0.15) is 0 Å². The van der Waals surface area contributed by atoms with Gasteiger partial charge in [0.15, 0.2) is 0 Å². The van der Waals surface area contributed by atoms with Gasteiger partial charge in [-0.15, -0.1) is 0 Å². The third-order valence-corrected chi connectivity index (χ3v) is 3.17. The lowest BCUT2D eigenvalue weighted by atomic mass is 10.1. The van der Waals surface area contributed by atoms with Crippen LogP contribution >= 0.6 is 12.2 Å². The number of hydrogen-bond acceptors (Lipinski definition) is 2. The van der Waals surface area contributed by atoms with Crippen molar-refractivity contribution < 1.29 is 4.79 Å². The van der Waals surface area contributed by atoms with Crippen LogP contribution < -0.4 is 5.73 Å². The molecule has 1 amide bonds. The molecule has 1 unspecified atom stereocenters. The van der Waals surface area contributed by atoms with Crippen LogP contribution in [0.25, 0.3) is 0 Å². The van der Waals surface area contributed by atoms with Gasteiger partial charge in [-0.05, 0) is 19.4 Å². The Balaban J connectivity index is 2.69. The third-order valence-electron chi connectivity index (χ3n) is 2.82. The molecule has 1 atom stereocenters. The average molecular weight is 250 g/mol. The summed E-state index contributed by atoms with van der Waals surface area (Å²) in [7, 11) is 1.72. The normalized spacial score (nSPS) is 11.9. The monoisotopic (exact) mass is 250 g/mol. The van der Waals surface area contributed by atoms with E-state index < -0.39 is 0 Å². The largest absolute Gasteiger partial charge is 0.392 e. The first-order valence-electron chi connectivity index (χ1n) is 5.52. The second kappa shape index (κ2) is 5.77. The van der Waals surface area contributed by atoms with Gasteiger partial charge in [0, 0.05) is 7.05 Å². The summed E-state index contributed by atoms with van der Waals surface area (Å²) >= 11 is 4.88. The highest BCUT2D eigenvalue weighted by Crippen LogP contribution is 2.07. The molecule has 0 aromatic heterocycles. The minimum Gasteiger partial charge on any atom is -0.392 e. The van der Waals surface area contributed by atoms with Crippen LogP contribution in [0.15, 0.2) is 24.3 Å². The van der Waals surface area contributed by atoms with E-state index in [1.54, 1.807) is 11.9 Å². The van der Waals surface area contributed by atoms with Crippen molar-refractivity contribution in [1.82, 2.24) is 4.90 Å². The predicted octanol–water partition coefficient (Wildman–Crippen LogP) is 1.67. The molecule has 1 aromatic rings. The topological polar surface area (TPSA) is 46.3 Å². The maximum Gasteiger partial charge on any atom is 0.227 e. The number of benzene rings is 1. The van der Waals surface area contributed by atoms with Crippen molar-refractivity contribution in [2.75, 3.05) is 7.05 Å². The van der Waals surface area contributed by atoms with Gasteiger partial charge >= 0.3 is 0 Å². The molecule has 0 heterocycles. The summed E-state index contributed by atoms with van der Waals surface area (Å²) in [6.07, 6.45) is 0.380. The Kier molecular flexibility index (Phi) is 4.63. The Labute approximate surface area is 108 Å². The number of rotatable bonds is 4. The lowest BCUT2D eigenvalue weighted by molar-refractivity contribution is -0.129. The van der Waals surface area contributed by atoms with E-state index in [2.05, 4.69) is 0 Å². The second-order valence-electron chi connectivity index (χ2n) is 4.25. The quantitative estimate of drug-likeness (QED) is 0.827. The summed E-state index contributed by atoms with van der Waals surface area (Å²) in [5.41, 5.74) is 7.69. The van der Waals surface area contributed by atoms with Crippen molar-refractivity contribution >= 4 is 23.1 Å². The maximum absolute atomic E-state index is 12.0. The second-order valence-corrected chi connectivity index (χ2v) is 4.72. The number of carbonyl (C=O) groups excluding carboxylic acids is 1. The van der Waals surface area contributed by atoms with Gasteiger partial charge in [-0.25, -0.2) is 0 Å². The molecule has 0 saturated heterocycles. The van der Waals surface area contributed by atoms with Gasteiger partial charge < -0.3 is 10.6 Å². The number of carbonyl (C=O) groups is 1. The van der Waals surface area contributed by atoms with E-state index in [0.29, 0.717) is 11.4 Å². The Hall–Kier alpha value is -1.42. The Bertz CT molecular complexity index is 431. The van der Waals surface area contributed by atoms with Crippen LogP contribution in [0.3, 0.4) is 0 Å². The molecule has 0 aliphatic carbocycles. The van der Waals surface area contributed by atoms with E-state index in [4.69, 9.17) is 18.0 Å². The van der Waals surface area contributed by atoms with Crippen LogP contribution in [0.5, 0.6) is 0 Å². The summed E-state index contributed by atoms with van der Waals surface area (Å²) in [5, 5.41) is 0. The fourth-order valence-electron chi connectivity index (χ4n) is 1.53. The van der Waals surface area contributed by atoms with Crippen molar-refractivity contribution in [3.05, 3.63) is 35.4 Å². The summed E-state index contributed by atoms with van der Waals surface area (Å²) in [6, 6.07) is 7.72. The zero-order valence-corrected chi connectivity index (χ0v) is 11.3. The van der Waals surface area contributed by atoms with Gasteiger partial charge in [0.2, 0.25) is 5.91 Å². The predicted molar refractivity (Wildman–Crippen MR) is 73.9 cm³/mol. The minimum atomic E-state index is -0.206. The van der Waals surface area contributed by atoms with E-state index in [-0.39, 0.29) is 11.9 Å². The average Bonchev–Trinajstić information content (AvgIpc) is 2.26. The molecule has 17 heavy (non-hydrogen) atoms. The smallest absolute Gasteiger partial charge is 0.227 e. The Morgan fingerprint density at radius 2 is 2.18 bits per heavy atom. The number of nitrogens with two attached hydrogens (primary N) is 1. The zero-order valence-electron chi connectivity index (χ0n) is 10.4. The first kappa shape index (κ1) is 13.6. The zero-order chi connectivity index (χ0) is 13.0. The van der Waals surface area contributed by atoms with Crippen molar-refractivity contribution in [3.63, 3.8) is 0 Å². The molecule has 3 nitrogen and oxygen atoms in total. The van der Waals surface area contributed by atoms with Gasteiger partial charge in [0.25, 0.3) is 0 Å². The molecule has 4 heteroatoms. The Morgan fingerprint density at radius 1 is 1.53 bits per heavy atom. The molecule has 1 rings (SSSR count). The van der Waals surface area contributed by atoms with E-state index in [0.717, 1.165) is 11.1 Å². The highest BCUT2D eigenvalue weighted by atomic mass is 32.1. The van der Waals surface area contributed by atoms with Crippen LogP contribution in [-0.2, 0) is 11.2 Å². The van der Waals surface area contributed by atoms with Crippen LogP contribution in [0.4, 0.5) is 0 Å². The van der Waals surface area contributed by atoms with Crippen LogP contribution in [0.1, 0.15) is 18.1 Å². The molecular weight excluding hydrogens is 232 g/mol. The van der Waals surface area contributed by atoms with Crippen LogP contribution in [-0.4, -0.2) is 28.9 Å². The molecule has 2 N–H and O–H groups in total. The number of hydrogen-bond donors (Lipinski definition) is 1. The number of aryl methyl sites for hydroxylation is 1. The lowest BCUT2D eigenvalue weighted by Gasteiger charge is -2.24. The highest BCUT2D eigenvalue weighted by molar-refractivity contribution is 7.80. The summed E-state index contributed by atoms with van der Waals surface area (Å²) in [6.45, 7) is 3.84. The SMILES string of the molecule is Cc1cccc(CC(=O)N(C)C(C)C(N)=S)c1. The van der Waals surface area contributed by atoms with Crippen molar-refractivity contribution in [3.8, 4) is 0 Å². The van der Waals surface area contributed by atoms with Crippen molar-refractivity contribution in [2.45, 2.75) is 26.3 Å². The summed E-state index contributed by atoms with van der Waals surface area (Å²) in [4.78, 5) is 13.9. The number of thiocarbonyl (C=S) groups is 1. The molecule has 0 aliphatic rings. The minimum absolute atomic E-state index is 0.0240. The first-order chi connectivity index (χ1) is 7.91. The number of amides is 1. The lowest BCUT2D eigenvalue weighted by Crippen LogP contribution is -2.43. The van der Waals surface area contributed by atoms with E-state index in [1.165, 1.54) is 0 Å². The molecule has 0 bridgehead atoms. The fourth-order valence-corrected chi connectivity index (χ4v) is 1.69. The van der Waals surface area contributed by atoms with Crippen LogP contribution in [0, 0.1) is 6.92 Å². The maximum atomic E-state index is 12.0. The summed E-state index contributed by atoms with van der Waals surface area (Å²) in [5.74, 6) is 0.0240. The molecular formula is C13H18N2OS. The van der Waals surface area contributed by atoms with Crippen molar-refractivity contribution in [2.24, 2.45) is 5.73 Å². The van der Waals surface area contributed by atoms with E-state index in [1.807, 2.05) is 38.1 Å². The molecule has 1 aromatic carbocycles.